The summed E-state index contributed by atoms with van der Waals surface area (Å²) in [5, 5.41) is 21.3. The first-order valence-electron chi connectivity index (χ1n) is 12.6. The summed E-state index contributed by atoms with van der Waals surface area (Å²) in [6, 6.07) is 5.59. The van der Waals surface area contributed by atoms with E-state index < -0.39 is 23.2 Å². The van der Waals surface area contributed by atoms with Crippen LogP contribution in [0.2, 0.25) is 0 Å². The maximum atomic E-state index is 14.5. The molecule has 0 spiro atoms. The van der Waals surface area contributed by atoms with Gasteiger partial charge in [-0.2, -0.15) is 5.10 Å². The molecule has 2 N–H and O–H groups in total. The average Bonchev–Trinajstić information content (AvgIpc) is 3.28. The number of anilines is 1. The molecule has 194 valence electrons. The van der Waals surface area contributed by atoms with Gasteiger partial charge in [-0.25, -0.2) is 23.7 Å². The minimum Gasteiger partial charge on any atom is -0.392 e. The molecule has 2 aliphatic carbocycles. The summed E-state index contributed by atoms with van der Waals surface area (Å²) in [6.07, 6.45) is 7.98. The number of hydrogen-bond donors (Lipinski definition) is 2. The molecule has 3 aromatic heterocycles. The summed E-state index contributed by atoms with van der Waals surface area (Å²) >= 11 is 0. The van der Waals surface area contributed by atoms with Crippen LogP contribution in [-0.4, -0.2) is 47.9 Å². The first kappa shape index (κ1) is 24.4. The minimum absolute atomic E-state index is 0.134. The van der Waals surface area contributed by atoms with Crippen molar-refractivity contribution in [1.29, 1.82) is 0 Å². The van der Waals surface area contributed by atoms with Crippen molar-refractivity contribution in [2.45, 2.75) is 51.0 Å². The van der Waals surface area contributed by atoms with E-state index in [9.17, 15) is 13.9 Å². The van der Waals surface area contributed by atoms with E-state index in [-0.39, 0.29) is 22.6 Å². The van der Waals surface area contributed by atoms with Gasteiger partial charge < -0.3 is 10.4 Å². The monoisotopic (exact) mass is 515 g/mol. The number of hydrogen-bond acceptors (Lipinski definition) is 8. The molecule has 10 heteroatoms. The first-order chi connectivity index (χ1) is 18.2. The molecule has 0 saturated heterocycles. The number of nitrogens with zero attached hydrogens (tertiary/aromatic N) is 6. The fraction of sp³-hybridized carbons (Fsp3) is 0.357. The van der Waals surface area contributed by atoms with Crippen LogP contribution in [0.25, 0.3) is 22.5 Å². The van der Waals surface area contributed by atoms with E-state index in [0.717, 1.165) is 29.8 Å². The normalized spacial score (nSPS) is 21.8. The fourth-order valence-electron chi connectivity index (χ4n) is 6.26. The van der Waals surface area contributed by atoms with Crippen LogP contribution >= 0.6 is 0 Å². The summed E-state index contributed by atoms with van der Waals surface area (Å²) in [5.41, 5.74) is 3.08. The van der Waals surface area contributed by atoms with Gasteiger partial charge in [0.25, 0.3) is 0 Å². The van der Waals surface area contributed by atoms with Gasteiger partial charge in [0.15, 0.2) is 0 Å². The van der Waals surface area contributed by atoms with Gasteiger partial charge in [-0.1, -0.05) is 19.9 Å². The summed E-state index contributed by atoms with van der Waals surface area (Å²) in [6.45, 7) is 6.41. The number of benzene rings is 1. The van der Waals surface area contributed by atoms with Gasteiger partial charge in [-0.3, -0.25) is 4.98 Å². The molecule has 0 aliphatic heterocycles. The second-order valence-corrected chi connectivity index (χ2v) is 10.7. The second kappa shape index (κ2) is 8.83. The topological polar surface area (TPSA) is 110 Å². The number of aliphatic hydroxyl groups excluding tert-OH is 1. The molecular weight excluding hydrogens is 488 g/mol. The number of aromatic nitrogens is 6. The number of halogens is 2. The number of rotatable bonds is 6. The number of aliphatic hydroxyl groups is 1. The van der Waals surface area contributed by atoms with Gasteiger partial charge >= 0.3 is 0 Å². The molecule has 1 fully saturated rings. The second-order valence-electron chi connectivity index (χ2n) is 10.7. The Labute approximate surface area is 218 Å². The van der Waals surface area contributed by atoms with E-state index in [0.29, 0.717) is 23.8 Å². The van der Waals surface area contributed by atoms with Crippen molar-refractivity contribution in [2.24, 2.45) is 5.41 Å². The maximum absolute atomic E-state index is 14.5. The molecule has 6 rings (SSSR count). The molecule has 1 saturated carbocycles. The maximum Gasteiger partial charge on any atom is 0.222 e. The Bertz CT molecular complexity index is 1510. The molecule has 0 radical (unpaired) electrons. The SMILES string of the molecule is C[C@H](O)CNc1ncc(-c2cncc([C@@]34CC[C@@H](c5cc(-c6c(F)cccc6F)nnc53)C4(C)C)n2)cn1. The van der Waals surface area contributed by atoms with Gasteiger partial charge in [0.2, 0.25) is 5.95 Å². The third-order valence-electron chi connectivity index (χ3n) is 8.18. The van der Waals surface area contributed by atoms with Gasteiger partial charge in [-0.15, -0.1) is 5.10 Å². The van der Waals surface area contributed by atoms with E-state index >= 15 is 0 Å². The van der Waals surface area contributed by atoms with E-state index in [1.54, 1.807) is 37.8 Å². The lowest BCUT2D eigenvalue weighted by molar-refractivity contribution is 0.208. The lowest BCUT2D eigenvalue weighted by Crippen LogP contribution is -2.38. The van der Waals surface area contributed by atoms with Crippen molar-refractivity contribution < 1.29 is 13.9 Å². The highest BCUT2D eigenvalue weighted by Crippen LogP contribution is 2.69. The molecule has 0 amide bonds. The molecule has 4 aromatic rings. The van der Waals surface area contributed by atoms with Crippen molar-refractivity contribution in [1.82, 2.24) is 30.1 Å². The molecule has 2 bridgehead atoms. The Balaban J connectivity index is 1.40. The zero-order chi connectivity index (χ0) is 26.7. The standard InChI is InChI=1S/C28H27F2N7O/c1-15(38)10-32-26-33-11-16(12-34-26)22-13-31-14-23(35-22)28-8-7-18(27(28,2)3)17-9-21(36-37-25(17)28)24-19(29)5-4-6-20(24)30/h4-6,9,11-15,18,38H,7-8,10H2,1-3H3,(H,32,33,34)/t15-,18-,28-/m0/s1. The van der Waals surface area contributed by atoms with Crippen LogP contribution < -0.4 is 5.32 Å². The Morgan fingerprint density at radius 2 is 1.79 bits per heavy atom. The molecule has 38 heavy (non-hydrogen) atoms. The van der Waals surface area contributed by atoms with Gasteiger partial charge in [0.1, 0.15) is 11.6 Å². The third kappa shape index (κ3) is 3.58. The van der Waals surface area contributed by atoms with Crippen LogP contribution in [0.4, 0.5) is 14.7 Å². The highest BCUT2D eigenvalue weighted by atomic mass is 19.1. The zero-order valence-corrected chi connectivity index (χ0v) is 21.3. The van der Waals surface area contributed by atoms with Crippen LogP contribution in [0.1, 0.15) is 56.5 Å². The van der Waals surface area contributed by atoms with Crippen LogP contribution in [-0.2, 0) is 5.41 Å². The van der Waals surface area contributed by atoms with E-state index in [2.05, 4.69) is 44.3 Å². The molecule has 8 nitrogen and oxygen atoms in total. The zero-order valence-electron chi connectivity index (χ0n) is 21.3. The third-order valence-corrected chi connectivity index (χ3v) is 8.18. The summed E-state index contributed by atoms with van der Waals surface area (Å²) in [5.74, 6) is -0.776. The predicted octanol–water partition coefficient (Wildman–Crippen LogP) is 4.66. The fourth-order valence-corrected chi connectivity index (χ4v) is 6.26. The number of fused-ring (bicyclic) bond motifs is 5. The predicted molar refractivity (Wildman–Crippen MR) is 137 cm³/mol. The van der Waals surface area contributed by atoms with Crippen molar-refractivity contribution in [3.8, 4) is 22.5 Å². The molecule has 0 unspecified atom stereocenters. The van der Waals surface area contributed by atoms with Gasteiger partial charge in [0, 0.05) is 30.7 Å². The quantitative estimate of drug-likeness (QED) is 0.382. The molecule has 2 aliphatic rings. The Morgan fingerprint density at radius 1 is 1.05 bits per heavy atom. The Morgan fingerprint density at radius 3 is 2.50 bits per heavy atom. The average molecular weight is 516 g/mol. The van der Waals surface area contributed by atoms with E-state index in [1.165, 1.54) is 18.2 Å². The Hall–Kier alpha value is -3.92. The lowest BCUT2D eigenvalue weighted by atomic mass is 9.66. The lowest BCUT2D eigenvalue weighted by Gasteiger charge is -2.37. The molecule has 3 atom stereocenters. The largest absolute Gasteiger partial charge is 0.392 e. The van der Waals surface area contributed by atoms with Crippen LogP contribution in [0.15, 0.2) is 49.1 Å². The molecular formula is C28H27F2N7O. The van der Waals surface area contributed by atoms with Crippen LogP contribution in [0.3, 0.4) is 0 Å². The van der Waals surface area contributed by atoms with E-state index in [4.69, 9.17) is 4.98 Å². The molecule has 1 aromatic carbocycles. The summed E-state index contributed by atoms with van der Waals surface area (Å²) in [4.78, 5) is 18.2. The van der Waals surface area contributed by atoms with Gasteiger partial charge in [-0.05, 0) is 54.9 Å². The van der Waals surface area contributed by atoms with Crippen molar-refractivity contribution in [3.05, 3.63) is 77.6 Å². The van der Waals surface area contributed by atoms with Gasteiger partial charge in [0.05, 0.1) is 46.1 Å². The summed E-state index contributed by atoms with van der Waals surface area (Å²) < 4.78 is 29.1. The highest BCUT2D eigenvalue weighted by molar-refractivity contribution is 5.64. The van der Waals surface area contributed by atoms with Crippen molar-refractivity contribution >= 4 is 5.95 Å². The van der Waals surface area contributed by atoms with Crippen molar-refractivity contribution in [2.75, 3.05) is 11.9 Å². The van der Waals surface area contributed by atoms with Crippen molar-refractivity contribution in [3.63, 3.8) is 0 Å². The van der Waals surface area contributed by atoms with Crippen LogP contribution in [0.5, 0.6) is 0 Å². The molecule has 3 heterocycles. The highest BCUT2D eigenvalue weighted by Gasteiger charge is 2.65. The van der Waals surface area contributed by atoms with Crippen LogP contribution in [0, 0.1) is 17.0 Å². The smallest absolute Gasteiger partial charge is 0.222 e. The minimum atomic E-state index is -0.663. The summed E-state index contributed by atoms with van der Waals surface area (Å²) in [7, 11) is 0. The Kier molecular flexibility index (Phi) is 5.68. The van der Waals surface area contributed by atoms with E-state index in [1.807, 2.05) is 0 Å². The first-order valence-corrected chi connectivity index (χ1v) is 12.6. The number of nitrogens with one attached hydrogen (secondary N) is 1.